The van der Waals surface area contributed by atoms with Crippen molar-refractivity contribution in [3.63, 3.8) is 0 Å². The number of amides is 1. The smallest absolute Gasteiger partial charge is 0.257 e. The molecule has 2 aromatic heterocycles. The maximum absolute atomic E-state index is 12.2. The van der Waals surface area contributed by atoms with Crippen LogP contribution in [0.25, 0.3) is 11.2 Å². The molecule has 0 aliphatic heterocycles. The van der Waals surface area contributed by atoms with Crippen LogP contribution < -0.4 is 5.32 Å². The Hall–Kier alpha value is -2.24. The molecular weight excluding hydrogens is 311 g/mol. The summed E-state index contributed by atoms with van der Waals surface area (Å²) in [7, 11) is 0. The average Bonchev–Trinajstić information content (AvgIpc) is 2.51. The third kappa shape index (κ3) is 2.79. The molecule has 0 saturated heterocycles. The summed E-state index contributed by atoms with van der Waals surface area (Å²) in [6.45, 7) is 0. The van der Waals surface area contributed by atoms with Crippen molar-refractivity contribution in [3.05, 3.63) is 58.5 Å². The molecule has 0 radical (unpaired) electrons. The first-order valence-corrected chi connectivity index (χ1v) is 6.73. The number of fused-ring (bicyclic) bond motifs is 1. The number of nitrogens with one attached hydrogen (secondary N) is 1. The summed E-state index contributed by atoms with van der Waals surface area (Å²) in [5.74, 6) is -0.348. The van der Waals surface area contributed by atoms with Gasteiger partial charge in [-0.15, -0.1) is 0 Å². The number of pyridine rings is 1. The topological polar surface area (TPSA) is 67.8 Å². The maximum Gasteiger partial charge on any atom is 0.257 e. The monoisotopic (exact) mass is 318 g/mol. The van der Waals surface area contributed by atoms with Gasteiger partial charge >= 0.3 is 0 Å². The molecule has 2 heterocycles. The van der Waals surface area contributed by atoms with E-state index in [4.69, 9.17) is 23.2 Å². The molecule has 104 valence electrons. The third-order valence-electron chi connectivity index (χ3n) is 2.79. The second kappa shape index (κ2) is 5.63. The van der Waals surface area contributed by atoms with E-state index in [1.54, 1.807) is 36.7 Å². The van der Waals surface area contributed by atoms with E-state index < -0.39 is 0 Å². The molecule has 1 aromatic carbocycles. The van der Waals surface area contributed by atoms with Crippen LogP contribution in [0.3, 0.4) is 0 Å². The summed E-state index contributed by atoms with van der Waals surface area (Å²) < 4.78 is 0. The zero-order valence-corrected chi connectivity index (χ0v) is 12.1. The molecule has 3 rings (SSSR count). The fraction of sp³-hybridized carbons (Fsp3) is 0. The summed E-state index contributed by atoms with van der Waals surface area (Å²) in [6.07, 6.45) is 4.52. The number of carbonyl (C=O) groups excluding carboxylic acids is 1. The Morgan fingerprint density at radius 2 is 1.90 bits per heavy atom. The Bertz CT molecular complexity index is 838. The zero-order valence-electron chi connectivity index (χ0n) is 10.5. The van der Waals surface area contributed by atoms with E-state index >= 15 is 0 Å². The van der Waals surface area contributed by atoms with Crippen molar-refractivity contribution >= 4 is 46.0 Å². The first-order valence-electron chi connectivity index (χ1n) is 5.97. The highest BCUT2D eigenvalue weighted by Gasteiger charge is 2.11. The molecule has 0 aliphatic carbocycles. The van der Waals surface area contributed by atoms with Crippen molar-refractivity contribution < 1.29 is 4.79 Å². The largest absolute Gasteiger partial charge is 0.321 e. The molecular formula is C14H8Cl2N4O. The lowest BCUT2D eigenvalue weighted by Gasteiger charge is -2.08. The number of halogens is 2. The minimum absolute atomic E-state index is 0.293. The fourth-order valence-electron chi connectivity index (χ4n) is 1.78. The van der Waals surface area contributed by atoms with Gasteiger partial charge in [0.15, 0.2) is 5.65 Å². The molecule has 0 fully saturated rings. The van der Waals surface area contributed by atoms with Crippen LogP contribution >= 0.6 is 23.2 Å². The number of hydrogen-bond donors (Lipinski definition) is 1. The molecule has 0 spiro atoms. The molecule has 3 aromatic rings. The molecule has 0 aliphatic rings. The van der Waals surface area contributed by atoms with Gasteiger partial charge in [0.2, 0.25) is 0 Å². The molecule has 1 amide bonds. The molecule has 5 nitrogen and oxygen atoms in total. The second-order valence-electron chi connectivity index (χ2n) is 4.18. The summed E-state index contributed by atoms with van der Waals surface area (Å²) in [5, 5.41) is 3.35. The molecule has 0 atom stereocenters. The molecule has 0 saturated carbocycles. The van der Waals surface area contributed by atoms with Crippen molar-refractivity contribution in [2.45, 2.75) is 0 Å². The number of benzene rings is 1. The van der Waals surface area contributed by atoms with Crippen molar-refractivity contribution in [2.75, 3.05) is 5.32 Å². The van der Waals surface area contributed by atoms with E-state index in [1.807, 2.05) is 0 Å². The van der Waals surface area contributed by atoms with Crippen LogP contribution in [0.5, 0.6) is 0 Å². The van der Waals surface area contributed by atoms with E-state index in [2.05, 4.69) is 20.3 Å². The number of nitrogens with zero attached hydrogens (tertiary/aromatic N) is 3. The van der Waals surface area contributed by atoms with E-state index in [1.165, 1.54) is 6.20 Å². The number of carbonyl (C=O) groups is 1. The van der Waals surface area contributed by atoms with Crippen LogP contribution in [0.15, 0.2) is 42.9 Å². The number of anilines is 1. The lowest BCUT2D eigenvalue weighted by molar-refractivity contribution is 0.102. The number of aromatic nitrogens is 3. The fourth-order valence-corrected chi connectivity index (χ4v) is 2.12. The lowest BCUT2D eigenvalue weighted by Crippen LogP contribution is -2.12. The highest BCUT2D eigenvalue weighted by Crippen LogP contribution is 2.29. The Labute approximate surface area is 130 Å². The predicted molar refractivity (Wildman–Crippen MR) is 81.7 cm³/mol. The normalized spacial score (nSPS) is 10.6. The number of rotatable bonds is 2. The summed E-state index contributed by atoms with van der Waals surface area (Å²) in [4.78, 5) is 24.5. The molecule has 0 unspecified atom stereocenters. The summed E-state index contributed by atoms with van der Waals surface area (Å²) >= 11 is 11.9. The standard InChI is InChI=1S/C14H8Cl2N4O/c15-9-2-1-3-10(12(9)16)20-14(21)8-6-11-13(19-7-8)18-5-4-17-11/h1-7H,(H,20,21). The average molecular weight is 319 g/mol. The van der Waals surface area contributed by atoms with Gasteiger partial charge in [0.1, 0.15) is 5.52 Å². The highest BCUT2D eigenvalue weighted by molar-refractivity contribution is 6.44. The van der Waals surface area contributed by atoms with E-state index in [0.29, 0.717) is 32.5 Å². The molecule has 1 N–H and O–H groups in total. The SMILES string of the molecule is O=C(Nc1cccc(Cl)c1Cl)c1cnc2nccnc2c1. The van der Waals surface area contributed by atoms with E-state index in [0.717, 1.165) is 0 Å². The summed E-state index contributed by atoms with van der Waals surface area (Å²) in [5.41, 5.74) is 1.82. The van der Waals surface area contributed by atoms with Crippen LogP contribution in [0, 0.1) is 0 Å². The Morgan fingerprint density at radius 3 is 2.76 bits per heavy atom. The van der Waals surface area contributed by atoms with Gasteiger partial charge in [0, 0.05) is 18.6 Å². The second-order valence-corrected chi connectivity index (χ2v) is 4.96. The van der Waals surface area contributed by atoms with Crippen LogP contribution in [-0.4, -0.2) is 20.9 Å². The van der Waals surface area contributed by atoms with Crippen LogP contribution in [-0.2, 0) is 0 Å². The summed E-state index contributed by atoms with van der Waals surface area (Å²) in [6, 6.07) is 6.63. The van der Waals surface area contributed by atoms with Crippen LogP contribution in [0.4, 0.5) is 5.69 Å². The quantitative estimate of drug-likeness (QED) is 0.784. The molecule has 7 heteroatoms. The zero-order chi connectivity index (χ0) is 14.8. The maximum atomic E-state index is 12.2. The van der Waals surface area contributed by atoms with Gasteiger partial charge in [0.05, 0.1) is 21.3 Å². The van der Waals surface area contributed by atoms with Gasteiger partial charge in [-0.3, -0.25) is 9.78 Å². The molecule has 0 bridgehead atoms. The van der Waals surface area contributed by atoms with Crippen molar-refractivity contribution in [1.29, 1.82) is 0 Å². The number of hydrogen-bond acceptors (Lipinski definition) is 4. The Kier molecular flexibility index (Phi) is 3.68. The highest BCUT2D eigenvalue weighted by atomic mass is 35.5. The van der Waals surface area contributed by atoms with Crippen molar-refractivity contribution in [2.24, 2.45) is 0 Å². The van der Waals surface area contributed by atoms with Gasteiger partial charge < -0.3 is 5.32 Å². The van der Waals surface area contributed by atoms with E-state index in [9.17, 15) is 4.79 Å². The van der Waals surface area contributed by atoms with Crippen LogP contribution in [0.2, 0.25) is 10.0 Å². The van der Waals surface area contributed by atoms with Crippen LogP contribution in [0.1, 0.15) is 10.4 Å². The third-order valence-corrected chi connectivity index (χ3v) is 3.61. The van der Waals surface area contributed by atoms with Gasteiger partial charge in [-0.05, 0) is 18.2 Å². The molecule has 21 heavy (non-hydrogen) atoms. The predicted octanol–water partition coefficient (Wildman–Crippen LogP) is 3.58. The van der Waals surface area contributed by atoms with Crippen molar-refractivity contribution in [3.8, 4) is 0 Å². The Morgan fingerprint density at radius 1 is 1.10 bits per heavy atom. The van der Waals surface area contributed by atoms with Crippen molar-refractivity contribution in [1.82, 2.24) is 15.0 Å². The minimum Gasteiger partial charge on any atom is -0.321 e. The van der Waals surface area contributed by atoms with Gasteiger partial charge in [-0.1, -0.05) is 29.3 Å². The first-order chi connectivity index (χ1) is 10.1. The Balaban J connectivity index is 1.91. The lowest BCUT2D eigenvalue weighted by atomic mass is 10.2. The minimum atomic E-state index is -0.348. The van der Waals surface area contributed by atoms with Gasteiger partial charge in [0.25, 0.3) is 5.91 Å². The van der Waals surface area contributed by atoms with Gasteiger partial charge in [-0.2, -0.15) is 0 Å². The van der Waals surface area contributed by atoms with Gasteiger partial charge in [-0.25, -0.2) is 9.97 Å². The first kappa shape index (κ1) is 13.7. The van der Waals surface area contributed by atoms with E-state index in [-0.39, 0.29) is 5.91 Å².